The van der Waals surface area contributed by atoms with Gasteiger partial charge in [-0.25, -0.2) is 9.97 Å². The van der Waals surface area contributed by atoms with E-state index >= 15 is 0 Å². The summed E-state index contributed by atoms with van der Waals surface area (Å²) in [5.74, 6) is 0.680. The van der Waals surface area contributed by atoms with Gasteiger partial charge >= 0.3 is 0 Å². The third-order valence-corrected chi connectivity index (χ3v) is 3.56. The van der Waals surface area contributed by atoms with E-state index in [9.17, 15) is 0 Å². The van der Waals surface area contributed by atoms with E-state index in [1.807, 2.05) is 24.5 Å². The number of nitrogens with one attached hydrogen (secondary N) is 1. The molecule has 0 aliphatic heterocycles. The minimum absolute atomic E-state index is 0.0260. The van der Waals surface area contributed by atoms with E-state index < -0.39 is 0 Å². The van der Waals surface area contributed by atoms with Crippen LogP contribution in [-0.4, -0.2) is 21.5 Å². The molecule has 4 nitrogen and oxygen atoms in total. The molecule has 2 heterocycles. The first-order valence-electron chi connectivity index (χ1n) is 7.27. The van der Waals surface area contributed by atoms with Gasteiger partial charge < -0.3 is 5.32 Å². The molecule has 2 rings (SSSR count). The molecular weight excluding hydrogens is 260 g/mol. The van der Waals surface area contributed by atoms with Gasteiger partial charge in [0.1, 0.15) is 0 Å². The van der Waals surface area contributed by atoms with Crippen molar-refractivity contribution in [2.24, 2.45) is 0 Å². The molecule has 0 saturated carbocycles. The maximum atomic E-state index is 4.60. The molecule has 0 amide bonds. The first-order valence-corrected chi connectivity index (χ1v) is 7.27. The minimum Gasteiger partial charge on any atom is -0.353 e. The molecule has 0 aliphatic rings. The van der Waals surface area contributed by atoms with Crippen LogP contribution in [0.4, 0.5) is 5.95 Å². The van der Waals surface area contributed by atoms with E-state index in [0.29, 0.717) is 5.95 Å². The Bertz CT molecular complexity index is 585. The molecule has 0 saturated heterocycles. The van der Waals surface area contributed by atoms with Crippen LogP contribution < -0.4 is 5.32 Å². The summed E-state index contributed by atoms with van der Waals surface area (Å²) >= 11 is 0. The molecule has 0 radical (unpaired) electrons. The van der Waals surface area contributed by atoms with Crippen LogP contribution in [0.25, 0.3) is 0 Å². The predicted molar refractivity (Wildman–Crippen MR) is 86.5 cm³/mol. The highest BCUT2D eigenvalue weighted by Gasteiger charge is 2.21. The molecular formula is C17H24N4. The van der Waals surface area contributed by atoms with E-state index in [-0.39, 0.29) is 10.8 Å². The molecule has 112 valence electrons. The average molecular weight is 284 g/mol. The number of rotatable bonds is 4. The van der Waals surface area contributed by atoms with Crippen LogP contribution in [0.1, 0.15) is 45.9 Å². The van der Waals surface area contributed by atoms with Gasteiger partial charge in [0.05, 0.1) is 5.69 Å². The molecule has 0 bridgehead atoms. The smallest absolute Gasteiger partial charge is 0.222 e. The monoisotopic (exact) mass is 284 g/mol. The third-order valence-electron chi connectivity index (χ3n) is 3.56. The molecule has 2 aromatic rings. The van der Waals surface area contributed by atoms with Crippen LogP contribution in [0.2, 0.25) is 0 Å². The lowest BCUT2D eigenvalue weighted by Crippen LogP contribution is -2.28. The second-order valence-electron chi connectivity index (χ2n) is 6.99. The molecule has 0 unspecified atom stereocenters. The molecule has 0 aliphatic carbocycles. The Balaban J connectivity index is 2.10. The van der Waals surface area contributed by atoms with E-state index in [2.05, 4.69) is 61.0 Å². The second-order valence-corrected chi connectivity index (χ2v) is 6.99. The maximum absolute atomic E-state index is 4.60. The SMILES string of the molecule is CC(C)(C)c1ccnc(NCC(C)(C)c2cccnc2)n1. The number of hydrogen-bond donors (Lipinski definition) is 1. The quantitative estimate of drug-likeness (QED) is 0.932. The van der Waals surface area contributed by atoms with E-state index in [1.54, 1.807) is 6.20 Å². The van der Waals surface area contributed by atoms with Gasteiger partial charge in [-0.05, 0) is 17.7 Å². The lowest BCUT2D eigenvalue weighted by Gasteiger charge is -2.25. The van der Waals surface area contributed by atoms with Crippen LogP contribution in [0.5, 0.6) is 0 Å². The number of aromatic nitrogens is 3. The Morgan fingerprint density at radius 2 is 1.81 bits per heavy atom. The maximum Gasteiger partial charge on any atom is 0.222 e. The summed E-state index contributed by atoms with van der Waals surface area (Å²) in [5, 5.41) is 3.35. The van der Waals surface area contributed by atoms with Gasteiger partial charge in [-0.3, -0.25) is 4.98 Å². The number of anilines is 1. The van der Waals surface area contributed by atoms with Crippen molar-refractivity contribution in [3.63, 3.8) is 0 Å². The Morgan fingerprint density at radius 3 is 2.43 bits per heavy atom. The Kier molecular flexibility index (Phi) is 4.26. The van der Waals surface area contributed by atoms with Crippen LogP contribution in [-0.2, 0) is 10.8 Å². The number of nitrogens with zero attached hydrogens (tertiary/aromatic N) is 3. The lowest BCUT2D eigenvalue weighted by molar-refractivity contribution is 0.548. The number of hydrogen-bond acceptors (Lipinski definition) is 4. The van der Waals surface area contributed by atoms with Crippen molar-refractivity contribution in [2.75, 3.05) is 11.9 Å². The molecule has 0 spiro atoms. The van der Waals surface area contributed by atoms with E-state index in [4.69, 9.17) is 0 Å². The summed E-state index contributed by atoms with van der Waals surface area (Å²) < 4.78 is 0. The van der Waals surface area contributed by atoms with Crippen molar-refractivity contribution in [1.29, 1.82) is 0 Å². The average Bonchev–Trinajstić information content (AvgIpc) is 2.46. The van der Waals surface area contributed by atoms with Gasteiger partial charge in [0.2, 0.25) is 5.95 Å². The highest BCUT2D eigenvalue weighted by atomic mass is 15.1. The molecule has 4 heteroatoms. The van der Waals surface area contributed by atoms with Gasteiger partial charge in [-0.15, -0.1) is 0 Å². The third kappa shape index (κ3) is 4.00. The van der Waals surface area contributed by atoms with Crippen molar-refractivity contribution in [3.8, 4) is 0 Å². The fourth-order valence-electron chi connectivity index (χ4n) is 2.03. The van der Waals surface area contributed by atoms with Crippen LogP contribution in [0.15, 0.2) is 36.8 Å². The zero-order chi connectivity index (χ0) is 15.5. The topological polar surface area (TPSA) is 50.7 Å². The standard InChI is InChI=1S/C17H24N4/c1-16(2,3)14-8-10-19-15(21-14)20-12-17(4,5)13-7-6-9-18-11-13/h6-11H,12H2,1-5H3,(H,19,20,21). The van der Waals surface area contributed by atoms with Crippen molar-refractivity contribution in [3.05, 3.63) is 48.0 Å². The first-order chi connectivity index (χ1) is 9.79. The number of pyridine rings is 1. The summed E-state index contributed by atoms with van der Waals surface area (Å²) in [7, 11) is 0. The zero-order valence-corrected chi connectivity index (χ0v) is 13.5. The Morgan fingerprint density at radius 1 is 1.05 bits per heavy atom. The highest BCUT2D eigenvalue weighted by molar-refractivity contribution is 5.30. The summed E-state index contributed by atoms with van der Waals surface area (Å²) in [4.78, 5) is 13.1. The van der Waals surface area contributed by atoms with Crippen LogP contribution in [0.3, 0.4) is 0 Å². The van der Waals surface area contributed by atoms with Gasteiger partial charge in [-0.2, -0.15) is 0 Å². The fraction of sp³-hybridized carbons (Fsp3) is 0.471. The Labute approximate surface area is 127 Å². The largest absolute Gasteiger partial charge is 0.353 e. The van der Waals surface area contributed by atoms with Gasteiger partial charge in [-0.1, -0.05) is 40.7 Å². The van der Waals surface area contributed by atoms with E-state index in [1.165, 1.54) is 5.56 Å². The molecule has 2 aromatic heterocycles. The van der Waals surface area contributed by atoms with Crippen molar-refractivity contribution in [1.82, 2.24) is 15.0 Å². The van der Waals surface area contributed by atoms with Gasteiger partial charge in [0, 0.05) is 36.0 Å². The van der Waals surface area contributed by atoms with Crippen LogP contribution >= 0.6 is 0 Å². The summed E-state index contributed by atoms with van der Waals surface area (Å²) in [6, 6.07) is 6.03. The summed E-state index contributed by atoms with van der Waals surface area (Å²) in [6.45, 7) is 11.6. The predicted octanol–water partition coefficient (Wildman–Crippen LogP) is 3.56. The van der Waals surface area contributed by atoms with Gasteiger partial charge in [0.25, 0.3) is 0 Å². The van der Waals surface area contributed by atoms with Crippen LogP contribution in [0, 0.1) is 0 Å². The van der Waals surface area contributed by atoms with Gasteiger partial charge in [0.15, 0.2) is 0 Å². The van der Waals surface area contributed by atoms with Crippen molar-refractivity contribution < 1.29 is 0 Å². The minimum atomic E-state index is -0.0324. The highest BCUT2D eigenvalue weighted by Crippen LogP contribution is 2.23. The molecule has 1 N–H and O–H groups in total. The molecule has 0 atom stereocenters. The fourth-order valence-corrected chi connectivity index (χ4v) is 2.03. The van der Waals surface area contributed by atoms with Crippen molar-refractivity contribution in [2.45, 2.75) is 45.4 Å². The Hall–Kier alpha value is -1.97. The molecule has 0 fully saturated rings. The van der Waals surface area contributed by atoms with Crippen molar-refractivity contribution >= 4 is 5.95 Å². The first kappa shape index (κ1) is 15.4. The normalized spacial score (nSPS) is 12.2. The summed E-state index contributed by atoms with van der Waals surface area (Å²) in [6.07, 6.45) is 5.52. The molecule has 21 heavy (non-hydrogen) atoms. The second kappa shape index (κ2) is 5.80. The zero-order valence-electron chi connectivity index (χ0n) is 13.5. The van der Waals surface area contributed by atoms with E-state index in [0.717, 1.165) is 12.2 Å². The molecule has 0 aromatic carbocycles. The lowest BCUT2D eigenvalue weighted by atomic mass is 9.86. The summed E-state index contributed by atoms with van der Waals surface area (Å²) in [5.41, 5.74) is 2.23.